The summed E-state index contributed by atoms with van der Waals surface area (Å²) in [7, 11) is 0. The normalized spacial score (nSPS) is 19.4. The van der Waals surface area contributed by atoms with Crippen molar-refractivity contribution in [3.63, 3.8) is 0 Å². The molecule has 0 aromatic carbocycles. The van der Waals surface area contributed by atoms with E-state index < -0.39 is 0 Å². The Bertz CT molecular complexity index is 353. The van der Waals surface area contributed by atoms with Crippen molar-refractivity contribution in [3.05, 3.63) is 18.2 Å². The summed E-state index contributed by atoms with van der Waals surface area (Å²) in [5.41, 5.74) is -0.292. The van der Waals surface area contributed by atoms with Crippen LogP contribution in [0.4, 0.5) is 0 Å². The van der Waals surface area contributed by atoms with Crippen LogP contribution < -0.4 is 0 Å². The molecule has 0 bridgehead atoms. The van der Waals surface area contributed by atoms with Crippen molar-refractivity contribution in [1.29, 1.82) is 5.26 Å². The number of aromatic nitrogens is 2. The Hall–Kier alpha value is -1.30. The zero-order valence-electron chi connectivity index (χ0n) is 8.53. The molecule has 0 amide bonds. The molecule has 0 spiro atoms. The number of nitrogens with zero attached hydrogens (tertiary/aromatic N) is 3. The quantitative estimate of drug-likeness (QED) is 0.716. The monoisotopic (exact) mass is 189 g/mol. The van der Waals surface area contributed by atoms with Gasteiger partial charge in [0.2, 0.25) is 0 Å². The lowest BCUT2D eigenvalue weighted by Crippen LogP contribution is -2.24. The summed E-state index contributed by atoms with van der Waals surface area (Å²) in [6.07, 6.45) is 8.03. The number of hydrogen-bond acceptors (Lipinski definition) is 2. The second-order valence-corrected chi connectivity index (χ2v) is 3.94. The first-order valence-corrected chi connectivity index (χ1v) is 5.25. The first kappa shape index (κ1) is 9.26. The smallest absolute Gasteiger partial charge is 0.129 e. The third-order valence-corrected chi connectivity index (χ3v) is 3.16. The molecule has 1 saturated carbocycles. The van der Waals surface area contributed by atoms with Crippen molar-refractivity contribution < 1.29 is 0 Å². The fourth-order valence-electron chi connectivity index (χ4n) is 2.35. The molecule has 3 heteroatoms. The van der Waals surface area contributed by atoms with Crippen molar-refractivity contribution in [3.8, 4) is 6.07 Å². The molecule has 0 radical (unpaired) electrons. The zero-order valence-corrected chi connectivity index (χ0v) is 8.53. The lowest BCUT2D eigenvalue weighted by Gasteiger charge is -2.20. The summed E-state index contributed by atoms with van der Waals surface area (Å²) in [5.74, 6) is 0.972. The molecule has 1 aliphatic rings. The van der Waals surface area contributed by atoms with E-state index in [1.807, 2.05) is 6.20 Å². The summed E-state index contributed by atoms with van der Waals surface area (Å²) in [6.45, 7) is 2.99. The molecule has 0 N–H and O–H groups in total. The minimum absolute atomic E-state index is 0.292. The molecule has 1 fully saturated rings. The SMILES string of the molecule is CCn1ccnc1C1(C#N)CCCC1. The summed E-state index contributed by atoms with van der Waals surface area (Å²) >= 11 is 0. The van der Waals surface area contributed by atoms with Crippen LogP contribution in [-0.4, -0.2) is 9.55 Å². The first-order valence-electron chi connectivity index (χ1n) is 5.25. The van der Waals surface area contributed by atoms with E-state index in [0.717, 1.165) is 38.1 Å². The lowest BCUT2D eigenvalue weighted by molar-refractivity contribution is 0.499. The van der Waals surface area contributed by atoms with E-state index in [9.17, 15) is 5.26 Å². The average Bonchev–Trinajstić information content (AvgIpc) is 2.86. The fraction of sp³-hybridized carbons (Fsp3) is 0.636. The Morgan fingerprint density at radius 2 is 2.29 bits per heavy atom. The third-order valence-electron chi connectivity index (χ3n) is 3.16. The number of nitriles is 1. The van der Waals surface area contributed by atoms with Gasteiger partial charge in [-0.1, -0.05) is 12.8 Å². The molecule has 74 valence electrons. The summed E-state index contributed by atoms with van der Waals surface area (Å²) in [4.78, 5) is 4.35. The highest BCUT2D eigenvalue weighted by Crippen LogP contribution is 2.39. The molecule has 14 heavy (non-hydrogen) atoms. The summed E-state index contributed by atoms with van der Waals surface area (Å²) < 4.78 is 2.09. The molecule has 1 aromatic rings. The zero-order chi connectivity index (χ0) is 10.0. The van der Waals surface area contributed by atoms with Crippen molar-refractivity contribution in [1.82, 2.24) is 9.55 Å². The van der Waals surface area contributed by atoms with E-state index in [4.69, 9.17) is 0 Å². The molecule has 0 aliphatic heterocycles. The molecule has 1 aromatic heterocycles. The second-order valence-electron chi connectivity index (χ2n) is 3.94. The van der Waals surface area contributed by atoms with Crippen molar-refractivity contribution in [2.45, 2.75) is 44.6 Å². The van der Waals surface area contributed by atoms with Crippen LogP contribution in [0.1, 0.15) is 38.4 Å². The summed E-state index contributed by atoms with van der Waals surface area (Å²) in [6, 6.07) is 2.47. The first-order chi connectivity index (χ1) is 6.82. The standard InChI is InChI=1S/C11H15N3/c1-2-14-8-7-13-10(14)11(9-12)5-3-4-6-11/h7-8H,2-6H2,1H3. The van der Waals surface area contributed by atoms with Gasteiger partial charge in [0.05, 0.1) is 6.07 Å². The highest BCUT2D eigenvalue weighted by atomic mass is 15.1. The topological polar surface area (TPSA) is 41.6 Å². The number of aryl methyl sites for hydroxylation is 1. The molecule has 0 saturated heterocycles. The molecule has 0 atom stereocenters. The lowest BCUT2D eigenvalue weighted by atomic mass is 9.87. The van der Waals surface area contributed by atoms with Crippen LogP contribution >= 0.6 is 0 Å². The van der Waals surface area contributed by atoms with Gasteiger partial charge in [0.25, 0.3) is 0 Å². The van der Waals surface area contributed by atoms with Gasteiger partial charge < -0.3 is 4.57 Å². The highest BCUT2D eigenvalue weighted by molar-refractivity contribution is 5.23. The van der Waals surface area contributed by atoms with Crippen molar-refractivity contribution in [2.75, 3.05) is 0 Å². The molecule has 1 aliphatic carbocycles. The Morgan fingerprint density at radius 3 is 2.86 bits per heavy atom. The molecular formula is C11H15N3. The Labute approximate surface area is 84.4 Å². The van der Waals surface area contributed by atoms with E-state index in [0.29, 0.717) is 0 Å². The van der Waals surface area contributed by atoms with Crippen LogP contribution in [0.2, 0.25) is 0 Å². The van der Waals surface area contributed by atoms with Gasteiger partial charge >= 0.3 is 0 Å². The molecule has 1 heterocycles. The Morgan fingerprint density at radius 1 is 1.57 bits per heavy atom. The van der Waals surface area contributed by atoms with Gasteiger partial charge in [0.15, 0.2) is 0 Å². The van der Waals surface area contributed by atoms with Crippen LogP contribution in [0.3, 0.4) is 0 Å². The van der Waals surface area contributed by atoms with E-state index in [1.165, 1.54) is 0 Å². The molecular weight excluding hydrogens is 174 g/mol. The Balaban J connectivity index is 2.41. The molecule has 2 rings (SSSR count). The minimum atomic E-state index is -0.292. The molecule has 0 unspecified atom stereocenters. The van der Waals surface area contributed by atoms with Crippen molar-refractivity contribution >= 4 is 0 Å². The number of imidazole rings is 1. The fourth-order valence-corrected chi connectivity index (χ4v) is 2.35. The predicted molar refractivity (Wildman–Crippen MR) is 53.7 cm³/mol. The van der Waals surface area contributed by atoms with Gasteiger partial charge in [-0.25, -0.2) is 4.98 Å². The number of rotatable bonds is 2. The van der Waals surface area contributed by atoms with E-state index in [2.05, 4.69) is 22.5 Å². The molecule has 3 nitrogen and oxygen atoms in total. The van der Waals surface area contributed by atoms with E-state index >= 15 is 0 Å². The largest absolute Gasteiger partial charge is 0.334 e. The maximum atomic E-state index is 9.30. The Kier molecular flexibility index (Phi) is 2.28. The maximum Gasteiger partial charge on any atom is 0.129 e. The highest BCUT2D eigenvalue weighted by Gasteiger charge is 2.39. The van der Waals surface area contributed by atoms with Crippen LogP contribution in [-0.2, 0) is 12.0 Å². The van der Waals surface area contributed by atoms with Crippen LogP contribution in [0, 0.1) is 11.3 Å². The van der Waals surface area contributed by atoms with Gasteiger partial charge in [-0.2, -0.15) is 5.26 Å². The van der Waals surface area contributed by atoms with Crippen molar-refractivity contribution in [2.24, 2.45) is 0 Å². The third kappa shape index (κ3) is 1.22. The van der Waals surface area contributed by atoms with Gasteiger partial charge in [0.1, 0.15) is 11.2 Å². The average molecular weight is 189 g/mol. The number of hydrogen-bond donors (Lipinski definition) is 0. The van der Waals surface area contributed by atoms with Crippen LogP contribution in [0.25, 0.3) is 0 Å². The van der Waals surface area contributed by atoms with Crippen LogP contribution in [0.15, 0.2) is 12.4 Å². The summed E-state index contributed by atoms with van der Waals surface area (Å²) in [5, 5.41) is 9.30. The second kappa shape index (κ2) is 3.45. The minimum Gasteiger partial charge on any atom is -0.334 e. The maximum absolute atomic E-state index is 9.30. The van der Waals surface area contributed by atoms with Gasteiger partial charge in [-0.15, -0.1) is 0 Å². The van der Waals surface area contributed by atoms with Crippen LogP contribution in [0.5, 0.6) is 0 Å². The predicted octanol–water partition coefficient (Wildman–Crippen LogP) is 2.24. The van der Waals surface area contributed by atoms with Gasteiger partial charge in [-0.3, -0.25) is 0 Å². The van der Waals surface area contributed by atoms with E-state index in [1.54, 1.807) is 6.20 Å². The van der Waals surface area contributed by atoms with E-state index in [-0.39, 0.29) is 5.41 Å². The van der Waals surface area contributed by atoms with Gasteiger partial charge in [0, 0.05) is 18.9 Å². The van der Waals surface area contributed by atoms with Gasteiger partial charge in [-0.05, 0) is 19.8 Å².